The highest BCUT2D eigenvalue weighted by Gasteiger charge is 2.52. The van der Waals surface area contributed by atoms with Crippen LogP contribution in [0.3, 0.4) is 0 Å². The van der Waals surface area contributed by atoms with E-state index in [2.05, 4.69) is 0 Å². The van der Waals surface area contributed by atoms with Gasteiger partial charge >= 0.3 is 11.9 Å². The Hall–Kier alpha value is -1.36. The Bertz CT molecular complexity index is 322. The molecular weight excluding hydrogens is 200 g/mol. The van der Waals surface area contributed by atoms with Gasteiger partial charge in [0.1, 0.15) is 12.2 Å². The quantitative estimate of drug-likeness (QED) is 0.371. The number of hydrogen-bond donors (Lipinski definition) is 0. The van der Waals surface area contributed by atoms with Crippen molar-refractivity contribution in [1.29, 1.82) is 0 Å². The van der Waals surface area contributed by atoms with E-state index < -0.39 is 24.1 Å². The Labute approximate surface area is 87.0 Å². The molecule has 0 bridgehead atoms. The first kappa shape index (κ1) is 10.2. The van der Waals surface area contributed by atoms with Crippen molar-refractivity contribution in [1.82, 2.24) is 0 Å². The molecule has 0 unspecified atom stereocenters. The summed E-state index contributed by atoms with van der Waals surface area (Å²) in [6.07, 6.45) is 2.31. The summed E-state index contributed by atoms with van der Waals surface area (Å²) in [5.41, 5.74) is 0. The van der Waals surface area contributed by atoms with Crippen molar-refractivity contribution in [2.45, 2.75) is 38.3 Å². The molecule has 0 aromatic rings. The van der Waals surface area contributed by atoms with Crippen LogP contribution in [0.15, 0.2) is 12.2 Å². The number of carbonyl (C=O) groups is 2. The molecule has 1 fully saturated rings. The van der Waals surface area contributed by atoms with Crippen molar-refractivity contribution in [2.24, 2.45) is 0 Å². The molecule has 1 saturated heterocycles. The molecular formula is C10H12O5. The molecule has 0 amide bonds. The lowest BCUT2D eigenvalue weighted by Crippen LogP contribution is -2.39. The number of rotatable bonds is 2. The topological polar surface area (TPSA) is 65.1 Å². The Balaban J connectivity index is 2.05. The van der Waals surface area contributed by atoms with Crippen LogP contribution in [0.5, 0.6) is 0 Å². The van der Waals surface area contributed by atoms with E-state index in [1.165, 1.54) is 13.8 Å². The average molecular weight is 212 g/mol. The molecule has 2 aliphatic rings. The molecule has 0 aromatic heterocycles. The fourth-order valence-electron chi connectivity index (χ4n) is 1.69. The molecule has 1 heterocycles. The summed E-state index contributed by atoms with van der Waals surface area (Å²) in [5, 5.41) is 0. The van der Waals surface area contributed by atoms with Gasteiger partial charge in [0, 0.05) is 13.8 Å². The zero-order valence-electron chi connectivity index (χ0n) is 8.51. The zero-order valence-corrected chi connectivity index (χ0v) is 8.51. The van der Waals surface area contributed by atoms with E-state index in [9.17, 15) is 9.59 Å². The Kier molecular flexibility index (Phi) is 2.48. The summed E-state index contributed by atoms with van der Waals surface area (Å²) in [6, 6.07) is 0. The summed E-state index contributed by atoms with van der Waals surface area (Å²) in [6.45, 7) is 2.64. The lowest BCUT2D eigenvalue weighted by Gasteiger charge is -2.24. The van der Waals surface area contributed by atoms with E-state index in [1.54, 1.807) is 6.08 Å². The number of carbonyl (C=O) groups excluding carboxylic acids is 2. The molecule has 4 atom stereocenters. The molecule has 15 heavy (non-hydrogen) atoms. The highest BCUT2D eigenvalue weighted by Crippen LogP contribution is 2.35. The summed E-state index contributed by atoms with van der Waals surface area (Å²) >= 11 is 0. The highest BCUT2D eigenvalue weighted by atomic mass is 16.6. The molecule has 0 N–H and O–H groups in total. The fourth-order valence-corrected chi connectivity index (χ4v) is 1.69. The molecule has 0 radical (unpaired) electrons. The number of esters is 2. The van der Waals surface area contributed by atoms with Crippen molar-refractivity contribution in [3.8, 4) is 0 Å². The molecule has 2 rings (SSSR count). The Morgan fingerprint density at radius 2 is 1.80 bits per heavy atom. The van der Waals surface area contributed by atoms with E-state index in [4.69, 9.17) is 14.2 Å². The molecule has 5 nitrogen and oxygen atoms in total. The van der Waals surface area contributed by atoms with Crippen molar-refractivity contribution >= 4 is 11.9 Å². The van der Waals surface area contributed by atoms with Crippen LogP contribution >= 0.6 is 0 Å². The van der Waals surface area contributed by atoms with Crippen LogP contribution in [0.1, 0.15) is 13.8 Å². The van der Waals surface area contributed by atoms with Gasteiger partial charge in [0.15, 0.2) is 12.2 Å². The summed E-state index contributed by atoms with van der Waals surface area (Å²) in [4.78, 5) is 21.7. The van der Waals surface area contributed by atoms with Crippen LogP contribution in [0.2, 0.25) is 0 Å². The second-order valence-electron chi connectivity index (χ2n) is 3.60. The van der Waals surface area contributed by atoms with E-state index >= 15 is 0 Å². The van der Waals surface area contributed by atoms with Crippen LogP contribution in [0.4, 0.5) is 0 Å². The predicted octanol–water partition coefficient (Wildman–Crippen LogP) is 0.187. The van der Waals surface area contributed by atoms with Gasteiger partial charge in [0.2, 0.25) is 0 Å². The van der Waals surface area contributed by atoms with E-state index in [0.29, 0.717) is 0 Å². The molecule has 5 heteroatoms. The van der Waals surface area contributed by atoms with E-state index in [0.717, 1.165) is 0 Å². The van der Waals surface area contributed by atoms with Crippen LogP contribution in [-0.2, 0) is 23.8 Å². The van der Waals surface area contributed by atoms with Gasteiger partial charge in [-0.1, -0.05) is 6.08 Å². The minimum Gasteiger partial charge on any atom is -0.455 e. The van der Waals surface area contributed by atoms with Crippen LogP contribution in [-0.4, -0.2) is 36.4 Å². The van der Waals surface area contributed by atoms with Crippen molar-refractivity contribution < 1.29 is 23.8 Å². The average Bonchev–Trinajstić information content (AvgIpc) is 2.86. The summed E-state index contributed by atoms with van der Waals surface area (Å²) in [7, 11) is 0. The Morgan fingerprint density at radius 3 is 2.40 bits per heavy atom. The summed E-state index contributed by atoms with van der Waals surface area (Å²) in [5.74, 6) is -0.803. The van der Waals surface area contributed by atoms with Crippen molar-refractivity contribution in [3.05, 3.63) is 12.2 Å². The van der Waals surface area contributed by atoms with Gasteiger partial charge in [-0.3, -0.25) is 9.59 Å². The standard InChI is InChI=1S/C10H12O5/c1-5(11)13-7-3-4-8-10(15-8)9(7)14-6(2)12/h3-4,7-10H,1-2H3/t7-,8+,9-,10+/m0/s1. The van der Waals surface area contributed by atoms with Gasteiger partial charge < -0.3 is 14.2 Å². The third-order valence-electron chi connectivity index (χ3n) is 2.30. The van der Waals surface area contributed by atoms with E-state index in [1.807, 2.05) is 6.08 Å². The molecule has 1 aliphatic carbocycles. The van der Waals surface area contributed by atoms with Gasteiger partial charge in [-0.15, -0.1) is 0 Å². The second-order valence-corrected chi connectivity index (χ2v) is 3.60. The van der Waals surface area contributed by atoms with Gasteiger partial charge in [-0.25, -0.2) is 0 Å². The SMILES string of the molecule is CC(=O)O[C@@H]1[C@@H]2O[C@@H]2C=C[C@@H]1OC(C)=O. The predicted molar refractivity (Wildman–Crippen MR) is 48.9 cm³/mol. The minimum atomic E-state index is -0.532. The third-order valence-corrected chi connectivity index (χ3v) is 2.30. The van der Waals surface area contributed by atoms with Crippen LogP contribution in [0, 0.1) is 0 Å². The van der Waals surface area contributed by atoms with Gasteiger partial charge in [0.25, 0.3) is 0 Å². The fraction of sp³-hybridized carbons (Fsp3) is 0.600. The maximum absolute atomic E-state index is 10.9. The maximum Gasteiger partial charge on any atom is 0.303 e. The van der Waals surface area contributed by atoms with Crippen LogP contribution < -0.4 is 0 Å². The number of ether oxygens (including phenoxy) is 3. The number of hydrogen-bond acceptors (Lipinski definition) is 5. The van der Waals surface area contributed by atoms with Gasteiger partial charge in [-0.05, 0) is 6.08 Å². The Morgan fingerprint density at radius 1 is 1.13 bits per heavy atom. The van der Waals surface area contributed by atoms with Crippen molar-refractivity contribution in [3.63, 3.8) is 0 Å². The largest absolute Gasteiger partial charge is 0.455 e. The van der Waals surface area contributed by atoms with Crippen molar-refractivity contribution in [2.75, 3.05) is 0 Å². The maximum atomic E-state index is 10.9. The minimum absolute atomic E-state index is 0.00107. The smallest absolute Gasteiger partial charge is 0.303 e. The molecule has 0 saturated carbocycles. The molecule has 82 valence electrons. The lowest BCUT2D eigenvalue weighted by atomic mass is 10.0. The van der Waals surface area contributed by atoms with E-state index in [-0.39, 0.29) is 12.2 Å². The van der Waals surface area contributed by atoms with Gasteiger partial charge in [0.05, 0.1) is 0 Å². The third kappa shape index (κ3) is 2.18. The monoisotopic (exact) mass is 212 g/mol. The molecule has 1 aliphatic heterocycles. The molecule has 0 spiro atoms. The number of fused-ring (bicyclic) bond motifs is 1. The second kappa shape index (κ2) is 3.66. The zero-order chi connectivity index (χ0) is 11.0. The first-order valence-corrected chi connectivity index (χ1v) is 4.76. The summed E-state index contributed by atoms with van der Waals surface area (Å²) < 4.78 is 15.3. The van der Waals surface area contributed by atoms with Crippen LogP contribution in [0.25, 0.3) is 0 Å². The first-order valence-electron chi connectivity index (χ1n) is 4.76. The highest BCUT2D eigenvalue weighted by molar-refractivity contribution is 5.67. The lowest BCUT2D eigenvalue weighted by molar-refractivity contribution is -0.163. The van der Waals surface area contributed by atoms with Gasteiger partial charge in [-0.2, -0.15) is 0 Å². The number of epoxide rings is 1. The normalized spacial score (nSPS) is 36.7. The molecule has 0 aromatic carbocycles. The first-order chi connectivity index (χ1) is 7.08.